The molecule has 2 aromatic rings. The predicted molar refractivity (Wildman–Crippen MR) is 60.5 cm³/mol. The Bertz CT molecular complexity index is 533. The van der Waals surface area contributed by atoms with Crippen molar-refractivity contribution in [3.8, 4) is 0 Å². The Kier molecular flexibility index (Phi) is 2.19. The lowest BCUT2D eigenvalue weighted by Gasteiger charge is -2.37. The highest BCUT2D eigenvalue weighted by atomic mass is 19.2. The Labute approximate surface area is 97.0 Å². The fourth-order valence-corrected chi connectivity index (χ4v) is 2.28. The van der Waals surface area contributed by atoms with E-state index in [9.17, 15) is 8.78 Å². The second-order valence-corrected chi connectivity index (χ2v) is 4.86. The average molecular weight is 237 g/mol. The Morgan fingerprint density at radius 2 is 2.00 bits per heavy atom. The maximum Gasteiger partial charge on any atom is 0.161 e. The second kappa shape index (κ2) is 3.50. The normalized spacial score (nSPS) is 18.3. The molecule has 0 radical (unpaired) electrons. The van der Waals surface area contributed by atoms with Gasteiger partial charge in [-0.25, -0.2) is 13.8 Å². The lowest BCUT2D eigenvalue weighted by Crippen LogP contribution is -2.48. The number of imidazole rings is 1. The number of aromatic amines is 1. The van der Waals surface area contributed by atoms with E-state index in [1.165, 1.54) is 0 Å². The monoisotopic (exact) mass is 237 g/mol. The predicted octanol–water partition coefficient (Wildman–Crippen LogP) is 2.27. The van der Waals surface area contributed by atoms with Crippen LogP contribution >= 0.6 is 0 Å². The number of hydrogen-bond acceptors (Lipinski definition) is 2. The first-order valence-corrected chi connectivity index (χ1v) is 5.68. The molecule has 0 atom stereocenters. The van der Waals surface area contributed by atoms with Gasteiger partial charge in [0.15, 0.2) is 11.6 Å². The van der Waals surface area contributed by atoms with Gasteiger partial charge < -0.3 is 10.7 Å². The van der Waals surface area contributed by atoms with Crippen molar-refractivity contribution in [3.05, 3.63) is 29.6 Å². The van der Waals surface area contributed by atoms with Gasteiger partial charge in [0.25, 0.3) is 0 Å². The number of nitrogens with zero attached hydrogens (tertiary/aromatic N) is 1. The number of hydrogen-bond donors (Lipinski definition) is 2. The van der Waals surface area contributed by atoms with Crippen LogP contribution in [0, 0.1) is 11.6 Å². The van der Waals surface area contributed by atoms with Gasteiger partial charge >= 0.3 is 0 Å². The molecule has 0 unspecified atom stereocenters. The molecule has 3 nitrogen and oxygen atoms in total. The van der Waals surface area contributed by atoms with Crippen molar-refractivity contribution in [2.24, 2.45) is 5.73 Å². The summed E-state index contributed by atoms with van der Waals surface area (Å²) >= 11 is 0. The number of benzene rings is 1. The minimum atomic E-state index is -0.873. The van der Waals surface area contributed by atoms with Crippen LogP contribution in [0.1, 0.15) is 25.1 Å². The number of rotatable bonds is 2. The van der Waals surface area contributed by atoms with Crippen molar-refractivity contribution >= 4 is 11.0 Å². The van der Waals surface area contributed by atoms with Crippen molar-refractivity contribution in [2.45, 2.75) is 31.2 Å². The summed E-state index contributed by atoms with van der Waals surface area (Å²) in [5.74, 6) is -1.03. The van der Waals surface area contributed by atoms with E-state index >= 15 is 0 Å². The molecule has 1 aliphatic carbocycles. The molecule has 0 aliphatic heterocycles. The average Bonchev–Trinajstić information content (AvgIpc) is 2.58. The zero-order valence-corrected chi connectivity index (χ0v) is 9.26. The van der Waals surface area contributed by atoms with Gasteiger partial charge in [0.1, 0.15) is 5.82 Å². The molecule has 1 fully saturated rings. The third-order valence-electron chi connectivity index (χ3n) is 3.44. The van der Waals surface area contributed by atoms with Crippen molar-refractivity contribution in [1.82, 2.24) is 9.97 Å². The molecular weight excluding hydrogens is 224 g/mol. The molecule has 0 amide bonds. The number of aromatic nitrogens is 2. The van der Waals surface area contributed by atoms with Crippen LogP contribution in [0.2, 0.25) is 0 Å². The lowest BCUT2D eigenvalue weighted by atomic mass is 9.75. The highest BCUT2D eigenvalue weighted by Crippen LogP contribution is 2.32. The summed E-state index contributed by atoms with van der Waals surface area (Å²) < 4.78 is 26.0. The number of H-pyrrole nitrogens is 1. The standard InChI is InChI=1S/C12H13F2N3/c13-7-4-9-10(5-8(7)14)17-11(16-9)6-12(15)2-1-3-12/h4-5H,1-3,6,15H2,(H,16,17). The van der Waals surface area contributed by atoms with Crippen molar-refractivity contribution < 1.29 is 8.78 Å². The molecule has 0 bridgehead atoms. The van der Waals surface area contributed by atoms with E-state index in [-0.39, 0.29) is 5.54 Å². The van der Waals surface area contributed by atoms with Crippen LogP contribution in [0.3, 0.4) is 0 Å². The van der Waals surface area contributed by atoms with Gasteiger partial charge in [-0.2, -0.15) is 0 Å². The third kappa shape index (κ3) is 1.80. The molecule has 1 saturated carbocycles. The maximum absolute atomic E-state index is 13.0. The summed E-state index contributed by atoms with van der Waals surface area (Å²) in [7, 11) is 0. The van der Waals surface area contributed by atoms with E-state index in [1.807, 2.05) is 0 Å². The smallest absolute Gasteiger partial charge is 0.161 e. The summed E-state index contributed by atoms with van der Waals surface area (Å²) in [6.07, 6.45) is 3.73. The minimum Gasteiger partial charge on any atom is -0.342 e. The summed E-state index contributed by atoms with van der Waals surface area (Å²) in [6, 6.07) is 2.24. The quantitative estimate of drug-likeness (QED) is 0.841. The van der Waals surface area contributed by atoms with Crippen molar-refractivity contribution in [1.29, 1.82) is 0 Å². The fourth-order valence-electron chi connectivity index (χ4n) is 2.28. The van der Waals surface area contributed by atoms with Gasteiger partial charge in [0, 0.05) is 24.1 Å². The molecule has 0 spiro atoms. The molecule has 1 aliphatic rings. The molecule has 1 aromatic heterocycles. The molecular formula is C12H13F2N3. The third-order valence-corrected chi connectivity index (χ3v) is 3.44. The molecule has 3 N–H and O–H groups in total. The summed E-state index contributed by atoms with van der Waals surface area (Å²) in [4.78, 5) is 7.23. The van der Waals surface area contributed by atoms with E-state index < -0.39 is 11.6 Å². The van der Waals surface area contributed by atoms with Gasteiger partial charge in [-0.05, 0) is 19.3 Å². The Balaban J connectivity index is 1.96. The Morgan fingerprint density at radius 3 is 2.65 bits per heavy atom. The van der Waals surface area contributed by atoms with Crippen LogP contribution in [0.25, 0.3) is 11.0 Å². The Morgan fingerprint density at radius 1 is 1.29 bits per heavy atom. The van der Waals surface area contributed by atoms with Gasteiger partial charge in [-0.15, -0.1) is 0 Å². The van der Waals surface area contributed by atoms with E-state index in [0.29, 0.717) is 23.3 Å². The van der Waals surface area contributed by atoms with Gasteiger partial charge in [0.2, 0.25) is 0 Å². The van der Waals surface area contributed by atoms with Crippen LogP contribution in [0.15, 0.2) is 12.1 Å². The first-order chi connectivity index (χ1) is 8.06. The van der Waals surface area contributed by atoms with Crippen LogP contribution in [0.5, 0.6) is 0 Å². The highest BCUT2D eigenvalue weighted by Gasteiger charge is 2.33. The first-order valence-electron chi connectivity index (χ1n) is 5.68. The number of fused-ring (bicyclic) bond motifs is 1. The summed E-state index contributed by atoms with van der Waals surface area (Å²) in [5, 5.41) is 0. The molecule has 1 aromatic carbocycles. The van der Waals surface area contributed by atoms with Gasteiger partial charge in [0.05, 0.1) is 11.0 Å². The zero-order chi connectivity index (χ0) is 12.0. The van der Waals surface area contributed by atoms with Crippen LogP contribution in [-0.4, -0.2) is 15.5 Å². The first kappa shape index (κ1) is 10.7. The highest BCUT2D eigenvalue weighted by molar-refractivity contribution is 5.75. The second-order valence-electron chi connectivity index (χ2n) is 4.86. The largest absolute Gasteiger partial charge is 0.342 e. The van der Waals surface area contributed by atoms with Gasteiger partial charge in [-0.3, -0.25) is 0 Å². The van der Waals surface area contributed by atoms with E-state index in [2.05, 4.69) is 9.97 Å². The molecule has 90 valence electrons. The Hall–Kier alpha value is -1.49. The molecule has 5 heteroatoms. The van der Waals surface area contributed by atoms with Crippen molar-refractivity contribution in [3.63, 3.8) is 0 Å². The van der Waals surface area contributed by atoms with Crippen LogP contribution in [0.4, 0.5) is 8.78 Å². The number of nitrogens with one attached hydrogen (secondary N) is 1. The van der Waals surface area contributed by atoms with E-state index in [0.717, 1.165) is 31.4 Å². The topological polar surface area (TPSA) is 54.7 Å². The van der Waals surface area contributed by atoms with Crippen LogP contribution in [-0.2, 0) is 6.42 Å². The minimum absolute atomic E-state index is 0.190. The lowest BCUT2D eigenvalue weighted by molar-refractivity contribution is 0.244. The van der Waals surface area contributed by atoms with Gasteiger partial charge in [-0.1, -0.05) is 0 Å². The fraction of sp³-hybridized carbons (Fsp3) is 0.417. The van der Waals surface area contributed by atoms with Crippen molar-refractivity contribution in [2.75, 3.05) is 0 Å². The zero-order valence-electron chi connectivity index (χ0n) is 9.26. The molecule has 0 saturated heterocycles. The number of nitrogens with two attached hydrogens (primary N) is 1. The number of halogens is 2. The van der Waals surface area contributed by atoms with E-state index in [4.69, 9.17) is 5.73 Å². The summed E-state index contributed by atoms with van der Waals surface area (Å²) in [5.41, 5.74) is 6.88. The SMILES string of the molecule is NC1(Cc2nc3cc(F)c(F)cc3[nH]2)CCC1. The molecule has 1 heterocycles. The van der Waals surface area contributed by atoms with Crippen LogP contribution < -0.4 is 5.73 Å². The maximum atomic E-state index is 13.0. The molecule has 17 heavy (non-hydrogen) atoms. The van der Waals surface area contributed by atoms with E-state index in [1.54, 1.807) is 0 Å². The molecule has 3 rings (SSSR count). The summed E-state index contributed by atoms with van der Waals surface area (Å²) in [6.45, 7) is 0.